The highest BCUT2D eigenvalue weighted by Gasteiger charge is 2.29. The van der Waals surface area contributed by atoms with Gasteiger partial charge in [0.15, 0.2) is 0 Å². The van der Waals surface area contributed by atoms with Crippen molar-refractivity contribution in [3.63, 3.8) is 0 Å². The number of hydrogen-bond donors (Lipinski definition) is 2. The lowest BCUT2D eigenvalue weighted by atomic mass is 9.75. The van der Waals surface area contributed by atoms with Crippen molar-refractivity contribution in [2.45, 2.75) is 46.1 Å². The van der Waals surface area contributed by atoms with Gasteiger partial charge in [0.2, 0.25) is 0 Å². The van der Waals surface area contributed by atoms with Crippen LogP contribution in [-0.4, -0.2) is 12.1 Å². The number of nitrogens with one attached hydrogen (secondary N) is 1. The van der Waals surface area contributed by atoms with Crippen LogP contribution in [0.3, 0.4) is 0 Å². The molecule has 1 rings (SSSR count). The van der Waals surface area contributed by atoms with Crippen LogP contribution in [0.4, 0.5) is 4.79 Å². The highest BCUT2D eigenvalue weighted by atomic mass is 16.2. The standard InChI is InChI=1S/C11H22N2O/c1-7(2)9-5-4-8(3)10(6-9)13-11(12)14/h7-10H,4-6H2,1-3H3,(H3,12,13,14). The number of urea groups is 1. The van der Waals surface area contributed by atoms with Crippen molar-refractivity contribution in [3.05, 3.63) is 0 Å². The topological polar surface area (TPSA) is 55.1 Å². The summed E-state index contributed by atoms with van der Waals surface area (Å²) in [5, 5.41) is 2.86. The van der Waals surface area contributed by atoms with Gasteiger partial charge >= 0.3 is 6.03 Å². The van der Waals surface area contributed by atoms with E-state index >= 15 is 0 Å². The highest BCUT2D eigenvalue weighted by molar-refractivity contribution is 5.72. The fourth-order valence-electron chi connectivity index (χ4n) is 2.34. The summed E-state index contributed by atoms with van der Waals surface area (Å²) in [7, 11) is 0. The Bertz CT molecular complexity index is 203. The molecular weight excluding hydrogens is 176 g/mol. The van der Waals surface area contributed by atoms with Gasteiger partial charge in [-0.25, -0.2) is 4.79 Å². The highest BCUT2D eigenvalue weighted by Crippen LogP contribution is 2.33. The number of rotatable bonds is 2. The Labute approximate surface area is 86.4 Å². The first-order valence-corrected chi connectivity index (χ1v) is 5.56. The van der Waals surface area contributed by atoms with Crippen molar-refractivity contribution in [3.8, 4) is 0 Å². The Morgan fingerprint density at radius 1 is 1.43 bits per heavy atom. The zero-order valence-corrected chi connectivity index (χ0v) is 9.42. The molecule has 0 aromatic carbocycles. The quantitative estimate of drug-likeness (QED) is 0.701. The molecule has 0 aromatic rings. The molecule has 1 fully saturated rings. The maximum Gasteiger partial charge on any atom is 0.312 e. The number of carbonyl (C=O) groups is 1. The lowest BCUT2D eigenvalue weighted by Crippen LogP contribution is -2.46. The fourth-order valence-corrected chi connectivity index (χ4v) is 2.34. The van der Waals surface area contributed by atoms with Crippen molar-refractivity contribution in [2.75, 3.05) is 0 Å². The summed E-state index contributed by atoms with van der Waals surface area (Å²) in [5.41, 5.74) is 5.16. The van der Waals surface area contributed by atoms with Gasteiger partial charge in [-0.15, -0.1) is 0 Å². The molecule has 0 heterocycles. The largest absolute Gasteiger partial charge is 0.352 e. The third kappa shape index (κ3) is 2.89. The third-order valence-electron chi connectivity index (χ3n) is 3.51. The molecule has 3 heteroatoms. The zero-order valence-electron chi connectivity index (χ0n) is 9.42. The second-order valence-corrected chi connectivity index (χ2v) is 4.91. The first-order valence-electron chi connectivity index (χ1n) is 5.56. The van der Waals surface area contributed by atoms with Crippen LogP contribution in [-0.2, 0) is 0 Å². The normalized spacial score (nSPS) is 33.0. The zero-order chi connectivity index (χ0) is 10.7. The summed E-state index contributed by atoms with van der Waals surface area (Å²) in [6.07, 6.45) is 3.57. The van der Waals surface area contributed by atoms with Gasteiger partial charge in [0.05, 0.1) is 0 Å². The number of hydrogen-bond acceptors (Lipinski definition) is 1. The Morgan fingerprint density at radius 3 is 2.57 bits per heavy atom. The van der Waals surface area contributed by atoms with E-state index in [1.807, 2.05) is 0 Å². The van der Waals surface area contributed by atoms with Crippen LogP contribution in [0.15, 0.2) is 0 Å². The van der Waals surface area contributed by atoms with Crippen molar-refractivity contribution in [1.29, 1.82) is 0 Å². The number of carbonyl (C=O) groups excluding carboxylic acids is 1. The van der Waals surface area contributed by atoms with E-state index in [0.717, 1.165) is 12.3 Å². The molecular formula is C11H22N2O. The van der Waals surface area contributed by atoms with Crippen LogP contribution in [0.2, 0.25) is 0 Å². The van der Waals surface area contributed by atoms with Gasteiger partial charge in [-0.2, -0.15) is 0 Å². The van der Waals surface area contributed by atoms with Crippen LogP contribution in [0.25, 0.3) is 0 Å². The van der Waals surface area contributed by atoms with E-state index in [0.29, 0.717) is 11.8 Å². The average molecular weight is 198 g/mol. The van der Waals surface area contributed by atoms with Gasteiger partial charge < -0.3 is 11.1 Å². The molecule has 0 saturated heterocycles. The molecule has 0 aliphatic heterocycles. The summed E-state index contributed by atoms with van der Waals surface area (Å²) in [6.45, 7) is 6.70. The van der Waals surface area contributed by atoms with Gasteiger partial charge in [0, 0.05) is 6.04 Å². The summed E-state index contributed by atoms with van der Waals surface area (Å²) in [5.74, 6) is 2.01. The second kappa shape index (κ2) is 4.67. The summed E-state index contributed by atoms with van der Waals surface area (Å²) < 4.78 is 0. The Kier molecular flexibility index (Phi) is 3.78. The molecule has 3 atom stereocenters. The van der Waals surface area contributed by atoms with Crippen molar-refractivity contribution < 1.29 is 4.79 Å². The van der Waals surface area contributed by atoms with E-state index in [4.69, 9.17) is 5.73 Å². The predicted octanol–water partition coefficient (Wildman–Crippen LogP) is 2.12. The Balaban J connectivity index is 2.50. The fraction of sp³-hybridized carbons (Fsp3) is 0.909. The Morgan fingerprint density at radius 2 is 2.07 bits per heavy atom. The van der Waals surface area contributed by atoms with Crippen molar-refractivity contribution in [2.24, 2.45) is 23.5 Å². The van der Waals surface area contributed by atoms with E-state index in [9.17, 15) is 4.79 Å². The van der Waals surface area contributed by atoms with E-state index < -0.39 is 0 Å². The van der Waals surface area contributed by atoms with Crippen molar-refractivity contribution >= 4 is 6.03 Å². The van der Waals surface area contributed by atoms with Crippen LogP contribution in [0.5, 0.6) is 0 Å². The number of primary amides is 1. The monoisotopic (exact) mass is 198 g/mol. The molecule has 82 valence electrons. The predicted molar refractivity (Wildman–Crippen MR) is 57.9 cm³/mol. The maximum absolute atomic E-state index is 10.8. The van der Waals surface area contributed by atoms with Gasteiger partial charge in [-0.3, -0.25) is 0 Å². The molecule has 2 amide bonds. The first-order chi connectivity index (χ1) is 6.50. The van der Waals surface area contributed by atoms with Crippen LogP contribution >= 0.6 is 0 Å². The number of amides is 2. The van der Waals surface area contributed by atoms with Gasteiger partial charge in [-0.05, 0) is 37.0 Å². The molecule has 0 bridgehead atoms. The molecule has 0 aromatic heterocycles. The smallest absolute Gasteiger partial charge is 0.312 e. The van der Waals surface area contributed by atoms with E-state index in [2.05, 4.69) is 26.1 Å². The van der Waals surface area contributed by atoms with Crippen molar-refractivity contribution in [1.82, 2.24) is 5.32 Å². The lowest BCUT2D eigenvalue weighted by Gasteiger charge is -2.36. The van der Waals surface area contributed by atoms with E-state index in [1.54, 1.807) is 0 Å². The lowest BCUT2D eigenvalue weighted by molar-refractivity contribution is 0.180. The molecule has 3 N–H and O–H groups in total. The first kappa shape index (κ1) is 11.3. The summed E-state index contributed by atoms with van der Waals surface area (Å²) in [4.78, 5) is 10.8. The second-order valence-electron chi connectivity index (χ2n) is 4.91. The molecule has 14 heavy (non-hydrogen) atoms. The number of nitrogens with two attached hydrogens (primary N) is 1. The molecule has 1 aliphatic rings. The van der Waals surface area contributed by atoms with Gasteiger partial charge in [0.25, 0.3) is 0 Å². The van der Waals surface area contributed by atoms with Gasteiger partial charge in [0.1, 0.15) is 0 Å². The Hall–Kier alpha value is -0.730. The maximum atomic E-state index is 10.8. The molecule has 3 nitrogen and oxygen atoms in total. The molecule has 1 aliphatic carbocycles. The molecule has 0 spiro atoms. The minimum atomic E-state index is -0.383. The molecule has 1 saturated carbocycles. The average Bonchev–Trinajstić information content (AvgIpc) is 2.07. The van der Waals surface area contributed by atoms with E-state index in [-0.39, 0.29) is 12.1 Å². The minimum Gasteiger partial charge on any atom is -0.352 e. The SMILES string of the molecule is CC(C)C1CCC(C)C(NC(N)=O)C1. The van der Waals surface area contributed by atoms with Crippen LogP contribution < -0.4 is 11.1 Å². The summed E-state index contributed by atoms with van der Waals surface area (Å²) in [6, 6.07) is -0.0973. The van der Waals surface area contributed by atoms with Crippen LogP contribution in [0, 0.1) is 17.8 Å². The molecule has 0 radical (unpaired) electrons. The minimum absolute atomic E-state index is 0.286. The third-order valence-corrected chi connectivity index (χ3v) is 3.51. The van der Waals surface area contributed by atoms with Gasteiger partial charge in [-0.1, -0.05) is 20.8 Å². The summed E-state index contributed by atoms with van der Waals surface area (Å²) >= 11 is 0. The van der Waals surface area contributed by atoms with E-state index in [1.165, 1.54) is 12.8 Å². The molecule has 3 unspecified atom stereocenters. The van der Waals surface area contributed by atoms with Crippen LogP contribution in [0.1, 0.15) is 40.0 Å².